The number of ether oxygens (including phenoxy) is 1. The Kier molecular flexibility index (Phi) is 5.98. The zero-order valence-electron chi connectivity index (χ0n) is 15.0. The lowest BCUT2D eigenvalue weighted by atomic mass is 10.2. The SMILES string of the molecule is CC(C)CNc1cnnc(Nc2ccc(OCc3ccccc3)cc2)n1. The molecule has 6 heteroatoms. The molecule has 0 amide bonds. The molecule has 0 fully saturated rings. The van der Waals surface area contributed by atoms with Crippen molar-refractivity contribution < 1.29 is 4.74 Å². The Morgan fingerprint density at radius 2 is 1.77 bits per heavy atom. The van der Waals surface area contributed by atoms with Crippen LogP contribution in [0.1, 0.15) is 19.4 Å². The highest BCUT2D eigenvalue weighted by molar-refractivity contribution is 5.55. The summed E-state index contributed by atoms with van der Waals surface area (Å²) in [7, 11) is 0. The van der Waals surface area contributed by atoms with Gasteiger partial charge in [-0.1, -0.05) is 44.2 Å². The van der Waals surface area contributed by atoms with Crippen molar-refractivity contribution in [2.24, 2.45) is 5.92 Å². The summed E-state index contributed by atoms with van der Waals surface area (Å²) in [6.07, 6.45) is 1.62. The predicted octanol–water partition coefficient (Wildman–Crippen LogP) is 4.26. The van der Waals surface area contributed by atoms with Crippen LogP contribution in [0, 0.1) is 5.92 Å². The van der Waals surface area contributed by atoms with Crippen LogP contribution in [0.25, 0.3) is 0 Å². The van der Waals surface area contributed by atoms with E-state index >= 15 is 0 Å². The van der Waals surface area contributed by atoms with Gasteiger partial charge in [-0.3, -0.25) is 0 Å². The van der Waals surface area contributed by atoms with Crippen molar-refractivity contribution in [2.45, 2.75) is 20.5 Å². The molecular formula is C20H23N5O. The molecule has 0 saturated heterocycles. The van der Waals surface area contributed by atoms with Crippen LogP contribution in [-0.2, 0) is 6.61 Å². The van der Waals surface area contributed by atoms with E-state index in [-0.39, 0.29) is 0 Å². The quantitative estimate of drug-likeness (QED) is 0.633. The number of rotatable bonds is 8. The van der Waals surface area contributed by atoms with Crippen LogP contribution in [0.15, 0.2) is 60.8 Å². The molecule has 0 radical (unpaired) electrons. The Morgan fingerprint density at radius 1 is 1.00 bits per heavy atom. The number of nitrogens with zero attached hydrogens (tertiary/aromatic N) is 3. The Morgan fingerprint density at radius 3 is 2.50 bits per heavy atom. The minimum atomic E-state index is 0.455. The van der Waals surface area contributed by atoms with Crippen molar-refractivity contribution in [3.8, 4) is 5.75 Å². The molecule has 2 aromatic carbocycles. The second kappa shape index (κ2) is 8.80. The summed E-state index contributed by atoms with van der Waals surface area (Å²) in [5.41, 5.74) is 2.01. The van der Waals surface area contributed by atoms with Crippen LogP contribution >= 0.6 is 0 Å². The lowest BCUT2D eigenvalue weighted by Gasteiger charge is -2.10. The van der Waals surface area contributed by atoms with Crippen LogP contribution in [-0.4, -0.2) is 21.7 Å². The smallest absolute Gasteiger partial charge is 0.249 e. The first kappa shape index (κ1) is 17.7. The van der Waals surface area contributed by atoms with Crippen molar-refractivity contribution in [1.82, 2.24) is 15.2 Å². The number of anilines is 3. The molecule has 0 unspecified atom stereocenters. The highest BCUT2D eigenvalue weighted by Gasteiger charge is 2.03. The Balaban J connectivity index is 1.56. The second-order valence-corrected chi connectivity index (χ2v) is 6.36. The molecule has 0 bridgehead atoms. The monoisotopic (exact) mass is 349 g/mol. The van der Waals surface area contributed by atoms with Gasteiger partial charge in [0.05, 0.1) is 6.20 Å². The average Bonchev–Trinajstić information content (AvgIpc) is 2.67. The standard InChI is InChI=1S/C20H23N5O/c1-15(2)12-21-19-13-22-25-20(24-19)23-17-8-10-18(11-9-17)26-14-16-6-4-3-5-7-16/h3-11,13,15H,12,14H2,1-2H3,(H2,21,23,24,25). The van der Waals surface area contributed by atoms with E-state index in [0.29, 0.717) is 24.3 Å². The molecule has 0 atom stereocenters. The topological polar surface area (TPSA) is 72.0 Å². The van der Waals surface area contributed by atoms with Crippen molar-refractivity contribution in [3.05, 3.63) is 66.4 Å². The Bertz CT molecular complexity index is 806. The molecule has 3 aromatic rings. The molecule has 0 spiro atoms. The van der Waals surface area contributed by atoms with Crippen LogP contribution in [0.2, 0.25) is 0 Å². The summed E-state index contributed by atoms with van der Waals surface area (Å²) in [6, 6.07) is 17.8. The lowest BCUT2D eigenvalue weighted by molar-refractivity contribution is 0.306. The molecule has 3 rings (SSSR count). The maximum absolute atomic E-state index is 5.79. The molecule has 2 N–H and O–H groups in total. The largest absolute Gasteiger partial charge is 0.489 e. The second-order valence-electron chi connectivity index (χ2n) is 6.36. The lowest BCUT2D eigenvalue weighted by Crippen LogP contribution is -2.10. The third-order valence-electron chi connectivity index (χ3n) is 3.61. The zero-order valence-corrected chi connectivity index (χ0v) is 15.0. The van der Waals surface area contributed by atoms with E-state index in [0.717, 1.165) is 23.5 Å². The van der Waals surface area contributed by atoms with Gasteiger partial charge in [-0.25, -0.2) is 0 Å². The first-order valence-electron chi connectivity index (χ1n) is 8.66. The van der Waals surface area contributed by atoms with E-state index in [1.165, 1.54) is 0 Å². The Hall–Kier alpha value is -3.15. The third kappa shape index (κ3) is 5.44. The summed E-state index contributed by atoms with van der Waals surface area (Å²) in [6.45, 7) is 5.67. The molecule has 1 heterocycles. The maximum atomic E-state index is 5.79. The van der Waals surface area contributed by atoms with Gasteiger partial charge in [0, 0.05) is 12.2 Å². The molecule has 134 valence electrons. The number of hydrogen-bond acceptors (Lipinski definition) is 6. The van der Waals surface area contributed by atoms with Gasteiger partial charge in [0.2, 0.25) is 5.95 Å². The van der Waals surface area contributed by atoms with E-state index in [4.69, 9.17) is 4.74 Å². The molecule has 0 aliphatic heterocycles. The van der Waals surface area contributed by atoms with Crippen LogP contribution < -0.4 is 15.4 Å². The highest BCUT2D eigenvalue weighted by atomic mass is 16.5. The molecule has 1 aromatic heterocycles. The summed E-state index contributed by atoms with van der Waals surface area (Å²) in [5, 5.41) is 14.4. The number of nitrogens with one attached hydrogen (secondary N) is 2. The summed E-state index contributed by atoms with van der Waals surface area (Å²) < 4.78 is 5.79. The molecule has 0 aliphatic carbocycles. The van der Waals surface area contributed by atoms with Crippen molar-refractivity contribution >= 4 is 17.5 Å². The van der Waals surface area contributed by atoms with Crippen LogP contribution in [0.5, 0.6) is 5.75 Å². The third-order valence-corrected chi connectivity index (χ3v) is 3.61. The van der Waals surface area contributed by atoms with E-state index in [1.807, 2.05) is 54.6 Å². The zero-order chi connectivity index (χ0) is 18.2. The van der Waals surface area contributed by atoms with E-state index in [9.17, 15) is 0 Å². The fourth-order valence-electron chi connectivity index (χ4n) is 2.25. The maximum Gasteiger partial charge on any atom is 0.249 e. The highest BCUT2D eigenvalue weighted by Crippen LogP contribution is 2.19. The Labute approximate surface area is 153 Å². The van der Waals surface area contributed by atoms with Gasteiger partial charge in [-0.15, -0.1) is 5.10 Å². The molecular weight excluding hydrogens is 326 g/mol. The van der Waals surface area contributed by atoms with Crippen molar-refractivity contribution in [1.29, 1.82) is 0 Å². The van der Waals surface area contributed by atoms with E-state index in [2.05, 4.69) is 39.7 Å². The van der Waals surface area contributed by atoms with Crippen molar-refractivity contribution in [3.63, 3.8) is 0 Å². The number of hydrogen-bond donors (Lipinski definition) is 2. The number of aromatic nitrogens is 3. The summed E-state index contributed by atoms with van der Waals surface area (Å²) in [5.74, 6) is 2.51. The summed E-state index contributed by atoms with van der Waals surface area (Å²) >= 11 is 0. The number of benzene rings is 2. The van der Waals surface area contributed by atoms with E-state index in [1.54, 1.807) is 6.20 Å². The van der Waals surface area contributed by atoms with Gasteiger partial charge in [-0.2, -0.15) is 10.1 Å². The first-order chi connectivity index (χ1) is 12.7. The molecule has 26 heavy (non-hydrogen) atoms. The van der Waals surface area contributed by atoms with Gasteiger partial charge >= 0.3 is 0 Å². The molecule has 6 nitrogen and oxygen atoms in total. The molecule has 0 saturated carbocycles. The minimum absolute atomic E-state index is 0.455. The predicted molar refractivity (Wildman–Crippen MR) is 104 cm³/mol. The van der Waals surface area contributed by atoms with Gasteiger partial charge in [0.15, 0.2) is 5.82 Å². The summed E-state index contributed by atoms with van der Waals surface area (Å²) in [4.78, 5) is 4.41. The van der Waals surface area contributed by atoms with Crippen LogP contribution in [0.3, 0.4) is 0 Å². The fourth-order valence-corrected chi connectivity index (χ4v) is 2.25. The average molecular weight is 349 g/mol. The first-order valence-corrected chi connectivity index (χ1v) is 8.66. The fraction of sp³-hybridized carbons (Fsp3) is 0.250. The minimum Gasteiger partial charge on any atom is -0.489 e. The molecule has 0 aliphatic rings. The normalized spacial score (nSPS) is 10.6. The van der Waals surface area contributed by atoms with Gasteiger partial charge in [0.25, 0.3) is 0 Å². The van der Waals surface area contributed by atoms with Gasteiger partial charge in [0.1, 0.15) is 12.4 Å². The van der Waals surface area contributed by atoms with Crippen LogP contribution in [0.4, 0.5) is 17.5 Å². The van der Waals surface area contributed by atoms with Gasteiger partial charge < -0.3 is 15.4 Å². The van der Waals surface area contributed by atoms with E-state index < -0.39 is 0 Å². The van der Waals surface area contributed by atoms with Gasteiger partial charge in [-0.05, 0) is 35.7 Å². The van der Waals surface area contributed by atoms with Crippen molar-refractivity contribution in [2.75, 3.05) is 17.2 Å².